The minimum Gasteiger partial charge on any atom is -0.324 e. The number of hydrogen-bond acceptors (Lipinski definition) is 2. The van der Waals surface area contributed by atoms with Crippen LogP contribution in [0, 0.1) is 17.8 Å². The van der Waals surface area contributed by atoms with Gasteiger partial charge in [-0.3, -0.25) is 0 Å². The van der Waals surface area contributed by atoms with Crippen LogP contribution >= 0.6 is 0 Å². The smallest absolute Gasteiger partial charge is 0.0268 e. The fourth-order valence-electron chi connectivity index (χ4n) is 2.31. The van der Waals surface area contributed by atoms with Crippen LogP contribution in [0.4, 0.5) is 0 Å². The molecule has 1 saturated heterocycles. The van der Waals surface area contributed by atoms with Crippen molar-refractivity contribution in [2.24, 2.45) is 23.5 Å². The molecule has 0 aromatic carbocycles. The molecule has 0 saturated carbocycles. The quantitative estimate of drug-likeness (QED) is 0.492. The van der Waals surface area contributed by atoms with Gasteiger partial charge in [0, 0.05) is 12.6 Å². The Kier molecular flexibility index (Phi) is 1.74. The van der Waals surface area contributed by atoms with E-state index in [0.29, 0.717) is 12.0 Å². The second-order valence-corrected chi connectivity index (χ2v) is 3.81. The molecule has 0 amide bonds. The Morgan fingerprint density at radius 3 is 2.73 bits per heavy atom. The molecular weight excluding hydrogens is 136 g/mol. The van der Waals surface area contributed by atoms with Crippen molar-refractivity contribution in [1.29, 1.82) is 0 Å². The Bertz CT molecular complexity index is 158. The van der Waals surface area contributed by atoms with Crippen molar-refractivity contribution >= 4 is 0 Å². The van der Waals surface area contributed by atoms with E-state index in [1.807, 2.05) is 0 Å². The van der Waals surface area contributed by atoms with Crippen molar-refractivity contribution in [3.05, 3.63) is 12.2 Å². The van der Waals surface area contributed by atoms with E-state index in [0.717, 1.165) is 24.9 Å². The van der Waals surface area contributed by atoms with Gasteiger partial charge in [0.25, 0.3) is 0 Å². The van der Waals surface area contributed by atoms with Gasteiger partial charge in [-0.25, -0.2) is 0 Å². The van der Waals surface area contributed by atoms with E-state index >= 15 is 0 Å². The molecule has 0 aromatic heterocycles. The summed E-state index contributed by atoms with van der Waals surface area (Å²) in [6, 6.07) is 0.297. The summed E-state index contributed by atoms with van der Waals surface area (Å²) in [5.41, 5.74) is 5.96. The first-order valence-electron chi connectivity index (χ1n) is 4.43. The number of nitrogens with two attached hydrogens (primary N) is 1. The number of hydrogen-bond donors (Lipinski definition) is 2. The predicted molar refractivity (Wildman–Crippen MR) is 46.1 cm³/mol. The molecule has 1 aliphatic heterocycles. The van der Waals surface area contributed by atoms with Crippen LogP contribution in [0.3, 0.4) is 0 Å². The standard InChI is InChI=1S/C9H16N2/c1-6-2-3-9(10)8-5-11-4-7(6)8/h2-3,6-9,11H,4-5,10H2,1H3. The van der Waals surface area contributed by atoms with E-state index in [1.165, 1.54) is 0 Å². The first-order chi connectivity index (χ1) is 5.29. The van der Waals surface area contributed by atoms with Gasteiger partial charge in [-0.15, -0.1) is 0 Å². The van der Waals surface area contributed by atoms with Crippen molar-refractivity contribution in [3.63, 3.8) is 0 Å². The van der Waals surface area contributed by atoms with Gasteiger partial charge in [-0.05, 0) is 24.3 Å². The summed E-state index contributed by atoms with van der Waals surface area (Å²) in [5, 5.41) is 3.41. The molecule has 2 heteroatoms. The van der Waals surface area contributed by atoms with Gasteiger partial charge in [0.15, 0.2) is 0 Å². The van der Waals surface area contributed by atoms with Crippen LogP contribution in [0.15, 0.2) is 12.2 Å². The molecule has 62 valence electrons. The molecule has 2 nitrogen and oxygen atoms in total. The Hall–Kier alpha value is -0.340. The van der Waals surface area contributed by atoms with E-state index in [-0.39, 0.29) is 0 Å². The minimum atomic E-state index is 0.297. The summed E-state index contributed by atoms with van der Waals surface area (Å²) in [6.45, 7) is 4.55. The maximum Gasteiger partial charge on any atom is 0.0268 e. The van der Waals surface area contributed by atoms with Crippen LogP contribution in [0.2, 0.25) is 0 Å². The molecule has 2 rings (SSSR count). The molecule has 0 spiro atoms. The maximum absolute atomic E-state index is 5.96. The predicted octanol–water partition coefficient (Wildman–Crippen LogP) is 0.355. The van der Waals surface area contributed by atoms with Gasteiger partial charge < -0.3 is 11.1 Å². The van der Waals surface area contributed by atoms with E-state index < -0.39 is 0 Å². The molecule has 2 aliphatic rings. The molecule has 1 heterocycles. The molecular formula is C9H16N2. The molecule has 11 heavy (non-hydrogen) atoms. The molecule has 0 bridgehead atoms. The maximum atomic E-state index is 5.96. The summed E-state index contributed by atoms with van der Waals surface area (Å²) in [4.78, 5) is 0. The highest BCUT2D eigenvalue weighted by molar-refractivity contribution is 5.09. The van der Waals surface area contributed by atoms with Crippen molar-refractivity contribution < 1.29 is 0 Å². The first kappa shape index (κ1) is 7.32. The number of allylic oxidation sites excluding steroid dienone is 1. The third-order valence-corrected chi connectivity index (χ3v) is 3.12. The largest absolute Gasteiger partial charge is 0.324 e. The zero-order valence-electron chi connectivity index (χ0n) is 6.96. The molecule has 3 N–H and O–H groups in total. The van der Waals surface area contributed by atoms with Crippen molar-refractivity contribution in [3.8, 4) is 0 Å². The Morgan fingerprint density at radius 2 is 2.00 bits per heavy atom. The number of fused-ring (bicyclic) bond motifs is 1. The third-order valence-electron chi connectivity index (χ3n) is 3.12. The van der Waals surface area contributed by atoms with E-state index in [4.69, 9.17) is 5.73 Å². The zero-order valence-corrected chi connectivity index (χ0v) is 6.96. The lowest BCUT2D eigenvalue weighted by atomic mass is 9.77. The molecule has 1 aliphatic carbocycles. The Labute approximate surface area is 67.8 Å². The van der Waals surface area contributed by atoms with Crippen molar-refractivity contribution in [2.75, 3.05) is 13.1 Å². The normalized spacial score (nSPS) is 49.3. The second-order valence-electron chi connectivity index (χ2n) is 3.81. The van der Waals surface area contributed by atoms with Crippen molar-refractivity contribution in [2.45, 2.75) is 13.0 Å². The lowest BCUT2D eigenvalue weighted by Gasteiger charge is -2.30. The summed E-state index contributed by atoms with van der Waals surface area (Å²) in [7, 11) is 0. The average Bonchev–Trinajstić information content (AvgIpc) is 2.45. The van der Waals surface area contributed by atoms with Crippen LogP contribution in [0.25, 0.3) is 0 Å². The van der Waals surface area contributed by atoms with Crippen LogP contribution in [0.1, 0.15) is 6.92 Å². The fourth-order valence-corrected chi connectivity index (χ4v) is 2.31. The average molecular weight is 152 g/mol. The van der Waals surface area contributed by atoms with Crippen molar-refractivity contribution in [1.82, 2.24) is 5.32 Å². The highest BCUT2D eigenvalue weighted by Crippen LogP contribution is 2.31. The SMILES string of the molecule is CC1C=CC(N)C2CNCC12. The highest BCUT2D eigenvalue weighted by atomic mass is 14.9. The molecule has 0 aromatic rings. The number of nitrogens with one attached hydrogen (secondary N) is 1. The summed E-state index contributed by atoms with van der Waals surface area (Å²) < 4.78 is 0. The van der Waals surface area contributed by atoms with E-state index in [2.05, 4.69) is 24.4 Å². The topological polar surface area (TPSA) is 38.0 Å². The van der Waals surface area contributed by atoms with Crippen LogP contribution < -0.4 is 11.1 Å². The molecule has 4 unspecified atom stereocenters. The monoisotopic (exact) mass is 152 g/mol. The Morgan fingerprint density at radius 1 is 1.27 bits per heavy atom. The van der Waals surface area contributed by atoms with Crippen LogP contribution in [0.5, 0.6) is 0 Å². The van der Waals surface area contributed by atoms with Gasteiger partial charge in [0.2, 0.25) is 0 Å². The lowest BCUT2D eigenvalue weighted by Crippen LogP contribution is -2.38. The van der Waals surface area contributed by atoms with Gasteiger partial charge in [0.05, 0.1) is 0 Å². The first-order valence-corrected chi connectivity index (χ1v) is 4.43. The fraction of sp³-hybridized carbons (Fsp3) is 0.778. The van der Waals surface area contributed by atoms with Gasteiger partial charge in [-0.2, -0.15) is 0 Å². The minimum absolute atomic E-state index is 0.297. The summed E-state index contributed by atoms with van der Waals surface area (Å²) >= 11 is 0. The second kappa shape index (κ2) is 2.61. The number of rotatable bonds is 0. The highest BCUT2D eigenvalue weighted by Gasteiger charge is 2.35. The zero-order chi connectivity index (χ0) is 7.84. The Balaban J connectivity index is 2.18. The van der Waals surface area contributed by atoms with Gasteiger partial charge >= 0.3 is 0 Å². The summed E-state index contributed by atoms with van der Waals surface area (Å²) in [6.07, 6.45) is 4.43. The van der Waals surface area contributed by atoms with E-state index in [1.54, 1.807) is 0 Å². The van der Waals surface area contributed by atoms with Crippen LogP contribution in [-0.4, -0.2) is 19.1 Å². The van der Waals surface area contributed by atoms with Gasteiger partial charge in [-0.1, -0.05) is 19.1 Å². The van der Waals surface area contributed by atoms with Crippen LogP contribution in [-0.2, 0) is 0 Å². The van der Waals surface area contributed by atoms with E-state index in [9.17, 15) is 0 Å². The lowest BCUT2D eigenvalue weighted by molar-refractivity contribution is 0.304. The third kappa shape index (κ3) is 1.10. The van der Waals surface area contributed by atoms with Gasteiger partial charge in [0.1, 0.15) is 0 Å². The molecule has 1 fully saturated rings. The molecule has 0 radical (unpaired) electrons. The molecule has 4 atom stereocenters. The summed E-state index contributed by atoms with van der Waals surface area (Å²) in [5.74, 6) is 2.19.